The van der Waals surface area contributed by atoms with Gasteiger partial charge < -0.3 is 4.18 Å². The highest BCUT2D eigenvalue weighted by Crippen LogP contribution is 2.53. The monoisotopic (exact) mass is 452 g/mol. The SMILES string of the molecule is CS1(C)OC(=O)N(c2ccc(Cl)c(Cl)c2)C(=O)N1c1ccc(Cl)c(Cl)c1. The molecule has 0 N–H and O–H groups in total. The number of hydrogen-bond donors (Lipinski definition) is 0. The topological polar surface area (TPSA) is 49.9 Å². The molecule has 0 saturated carbocycles. The van der Waals surface area contributed by atoms with Gasteiger partial charge in [0, 0.05) is 12.5 Å². The van der Waals surface area contributed by atoms with Gasteiger partial charge in [0.05, 0.1) is 31.5 Å². The highest BCUT2D eigenvalue weighted by Gasteiger charge is 2.44. The molecule has 0 radical (unpaired) electrons. The molecule has 0 bridgehead atoms. The van der Waals surface area contributed by atoms with Gasteiger partial charge in [0.25, 0.3) is 0 Å². The van der Waals surface area contributed by atoms with Gasteiger partial charge in [-0.1, -0.05) is 46.4 Å². The van der Waals surface area contributed by atoms with Crippen LogP contribution in [0.2, 0.25) is 20.1 Å². The van der Waals surface area contributed by atoms with Crippen LogP contribution in [0.1, 0.15) is 0 Å². The molecule has 1 saturated heterocycles. The Morgan fingerprint density at radius 1 is 0.808 bits per heavy atom. The largest absolute Gasteiger partial charge is 0.434 e. The predicted octanol–water partition coefficient (Wildman–Crippen LogP) is 6.78. The Morgan fingerprint density at radius 3 is 1.85 bits per heavy atom. The molecular formula is C16H12Cl4N2O3S. The van der Waals surface area contributed by atoms with Crippen LogP contribution in [0, 0.1) is 0 Å². The van der Waals surface area contributed by atoms with E-state index in [0.717, 1.165) is 4.90 Å². The number of urea groups is 1. The van der Waals surface area contributed by atoms with Crippen molar-refractivity contribution in [2.75, 3.05) is 21.7 Å². The van der Waals surface area contributed by atoms with Gasteiger partial charge in [-0.05, 0) is 46.9 Å². The van der Waals surface area contributed by atoms with Crippen LogP contribution in [0.5, 0.6) is 0 Å². The molecule has 5 nitrogen and oxygen atoms in total. The molecule has 0 unspecified atom stereocenters. The maximum absolute atomic E-state index is 13.2. The third-order valence-corrected chi connectivity index (χ3v) is 6.84. The highest BCUT2D eigenvalue weighted by molar-refractivity contribution is 8.30. The Bertz CT molecular complexity index is 922. The molecule has 0 aliphatic carbocycles. The van der Waals surface area contributed by atoms with Crippen LogP contribution >= 0.6 is 56.9 Å². The van der Waals surface area contributed by atoms with Gasteiger partial charge in [0.15, 0.2) is 0 Å². The van der Waals surface area contributed by atoms with E-state index in [2.05, 4.69) is 0 Å². The number of hydrogen-bond acceptors (Lipinski definition) is 3. The molecule has 2 aromatic rings. The van der Waals surface area contributed by atoms with Crippen LogP contribution < -0.4 is 9.21 Å². The minimum Gasteiger partial charge on any atom is -0.380 e. The zero-order valence-electron chi connectivity index (χ0n) is 13.5. The van der Waals surface area contributed by atoms with Crippen molar-refractivity contribution in [1.82, 2.24) is 0 Å². The van der Waals surface area contributed by atoms with Gasteiger partial charge in [-0.25, -0.2) is 13.9 Å². The molecule has 3 amide bonds. The minimum atomic E-state index is -2.23. The summed E-state index contributed by atoms with van der Waals surface area (Å²) in [6.07, 6.45) is 2.57. The zero-order chi connectivity index (χ0) is 19.2. The van der Waals surface area contributed by atoms with Gasteiger partial charge in [-0.2, -0.15) is 4.90 Å². The van der Waals surface area contributed by atoms with Crippen molar-refractivity contribution in [3.63, 3.8) is 0 Å². The Kier molecular flexibility index (Phi) is 5.25. The number of amides is 3. The second-order valence-corrected chi connectivity index (χ2v) is 10.2. The Morgan fingerprint density at radius 2 is 1.31 bits per heavy atom. The lowest BCUT2D eigenvalue weighted by Crippen LogP contribution is -2.53. The molecule has 26 heavy (non-hydrogen) atoms. The van der Waals surface area contributed by atoms with Crippen molar-refractivity contribution in [3.05, 3.63) is 56.5 Å². The first kappa shape index (κ1) is 19.5. The fraction of sp³-hybridized carbons (Fsp3) is 0.125. The van der Waals surface area contributed by atoms with Crippen molar-refractivity contribution in [1.29, 1.82) is 0 Å². The van der Waals surface area contributed by atoms with Crippen molar-refractivity contribution < 1.29 is 13.8 Å². The molecule has 138 valence electrons. The fourth-order valence-corrected chi connectivity index (χ4v) is 4.58. The van der Waals surface area contributed by atoms with E-state index in [1.807, 2.05) is 0 Å². The Balaban J connectivity index is 2.08. The number of nitrogens with zero attached hydrogens (tertiary/aromatic N) is 2. The van der Waals surface area contributed by atoms with Crippen LogP contribution in [0.4, 0.5) is 21.0 Å². The van der Waals surface area contributed by atoms with Crippen molar-refractivity contribution in [2.24, 2.45) is 0 Å². The van der Waals surface area contributed by atoms with Gasteiger partial charge in [0.2, 0.25) is 0 Å². The molecule has 3 rings (SSSR count). The molecule has 1 heterocycles. The smallest absolute Gasteiger partial charge is 0.380 e. The second kappa shape index (κ2) is 7.02. The van der Waals surface area contributed by atoms with Gasteiger partial charge >= 0.3 is 12.1 Å². The van der Waals surface area contributed by atoms with Crippen LogP contribution in [0.3, 0.4) is 0 Å². The fourth-order valence-electron chi connectivity index (χ4n) is 2.42. The second-order valence-electron chi connectivity index (χ2n) is 5.64. The van der Waals surface area contributed by atoms with E-state index in [-0.39, 0.29) is 15.7 Å². The summed E-state index contributed by atoms with van der Waals surface area (Å²) in [4.78, 5) is 26.5. The van der Waals surface area contributed by atoms with E-state index in [0.29, 0.717) is 15.7 Å². The normalized spacial score (nSPS) is 17.9. The first-order valence-corrected chi connectivity index (χ1v) is 11.0. The van der Waals surface area contributed by atoms with Gasteiger partial charge in [0.1, 0.15) is 0 Å². The first-order valence-electron chi connectivity index (χ1n) is 7.13. The number of anilines is 2. The lowest BCUT2D eigenvalue weighted by molar-refractivity contribution is 0.208. The number of rotatable bonds is 2. The molecule has 0 aromatic heterocycles. The minimum absolute atomic E-state index is 0.211. The average molecular weight is 454 g/mol. The number of imide groups is 1. The Hall–Kier alpha value is -1.31. The molecule has 2 aromatic carbocycles. The summed E-state index contributed by atoms with van der Waals surface area (Å²) in [7, 11) is -2.23. The average Bonchev–Trinajstić information content (AvgIpc) is 2.53. The molecule has 1 aliphatic rings. The summed E-state index contributed by atoms with van der Waals surface area (Å²) in [6.45, 7) is 0. The van der Waals surface area contributed by atoms with Crippen LogP contribution in [0.15, 0.2) is 36.4 Å². The molecule has 1 fully saturated rings. The van der Waals surface area contributed by atoms with Crippen LogP contribution in [-0.4, -0.2) is 24.6 Å². The molecular weight excluding hydrogens is 442 g/mol. The zero-order valence-corrected chi connectivity index (χ0v) is 17.3. The highest BCUT2D eigenvalue weighted by atomic mass is 35.5. The van der Waals surface area contributed by atoms with Crippen LogP contribution in [-0.2, 0) is 4.18 Å². The summed E-state index contributed by atoms with van der Waals surface area (Å²) in [5.41, 5.74) is 0.705. The van der Waals surface area contributed by atoms with E-state index in [4.69, 9.17) is 50.6 Å². The number of halogens is 4. The van der Waals surface area contributed by atoms with Gasteiger partial charge in [-0.15, -0.1) is 0 Å². The third kappa shape index (κ3) is 3.44. The lowest BCUT2D eigenvalue weighted by atomic mass is 10.3. The standard InChI is InChI=1S/C16H12Cl4N2O3S/c1-26(2)22(10-4-6-12(18)14(20)8-10)15(23)21(16(24)25-26)9-3-5-11(17)13(19)7-9/h3-8H,1-2H3. The van der Waals surface area contributed by atoms with E-state index >= 15 is 0 Å². The van der Waals surface area contributed by atoms with Crippen LogP contribution in [0.25, 0.3) is 0 Å². The summed E-state index contributed by atoms with van der Waals surface area (Å²) in [5, 5.41) is 1.15. The number of carbonyl (C=O) groups is 2. The quantitative estimate of drug-likeness (QED) is 0.503. The van der Waals surface area contributed by atoms with Gasteiger partial charge in [-0.3, -0.25) is 0 Å². The Labute approximate surface area is 172 Å². The number of benzene rings is 2. The lowest BCUT2D eigenvalue weighted by Gasteiger charge is -2.47. The maximum Gasteiger partial charge on any atom is 0.434 e. The van der Waals surface area contributed by atoms with E-state index in [1.165, 1.54) is 22.5 Å². The van der Waals surface area contributed by atoms with E-state index in [9.17, 15) is 9.59 Å². The molecule has 10 heteroatoms. The van der Waals surface area contributed by atoms with Crippen molar-refractivity contribution in [3.8, 4) is 0 Å². The summed E-state index contributed by atoms with van der Waals surface area (Å²) in [5.74, 6) is 0. The summed E-state index contributed by atoms with van der Waals surface area (Å²) in [6, 6.07) is 8.59. The van der Waals surface area contributed by atoms with Crippen molar-refractivity contribution >= 4 is 80.4 Å². The van der Waals surface area contributed by atoms with Crippen molar-refractivity contribution in [2.45, 2.75) is 0 Å². The van der Waals surface area contributed by atoms with E-state index in [1.54, 1.807) is 30.7 Å². The molecule has 0 atom stereocenters. The molecule has 0 spiro atoms. The third-order valence-electron chi connectivity index (χ3n) is 3.56. The number of carbonyl (C=O) groups excluding carboxylic acids is 2. The summed E-state index contributed by atoms with van der Waals surface area (Å²) >= 11 is 24.0. The molecule has 1 aliphatic heterocycles. The van der Waals surface area contributed by atoms with E-state index < -0.39 is 22.6 Å². The predicted molar refractivity (Wildman–Crippen MR) is 109 cm³/mol. The summed E-state index contributed by atoms with van der Waals surface area (Å²) < 4.78 is 6.93. The maximum atomic E-state index is 13.2. The first-order chi connectivity index (χ1) is 12.1.